The number of nitrogens with zero attached hydrogens (tertiary/aromatic N) is 1. The highest BCUT2D eigenvalue weighted by Gasteiger charge is 2.16. The number of thiazole rings is 1. The van der Waals surface area contributed by atoms with Crippen LogP contribution < -0.4 is 5.32 Å². The Morgan fingerprint density at radius 3 is 2.84 bits per heavy atom. The van der Waals surface area contributed by atoms with Crippen LogP contribution in [0.3, 0.4) is 0 Å². The van der Waals surface area contributed by atoms with E-state index in [0.29, 0.717) is 11.3 Å². The van der Waals surface area contributed by atoms with E-state index < -0.39 is 0 Å². The standard InChI is InChI=1S/C15H20N2S2/c1-10(2)18-12-7-8-13-14(9-12)19-15(17-13)16-11-5-3-4-6-11/h7-11H,3-6H2,1-2H3,(H,16,17). The van der Waals surface area contributed by atoms with Crippen LogP contribution in [0, 0.1) is 0 Å². The maximum Gasteiger partial charge on any atom is 0.184 e. The average Bonchev–Trinajstić information content (AvgIpc) is 2.97. The number of hydrogen-bond acceptors (Lipinski definition) is 4. The molecule has 0 spiro atoms. The molecule has 1 aromatic heterocycles. The molecule has 1 aromatic carbocycles. The van der Waals surface area contributed by atoms with Crippen LogP contribution in [0.4, 0.5) is 5.13 Å². The van der Waals surface area contributed by atoms with Crippen molar-refractivity contribution < 1.29 is 0 Å². The Balaban J connectivity index is 1.79. The Kier molecular flexibility index (Phi) is 3.99. The van der Waals surface area contributed by atoms with E-state index >= 15 is 0 Å². The van der Waals surface area contributed by atoms with Gasteiger partial charge in [-0.15, -0.1) is 11.8 Å². The minimum atomic E-state index is 0.626. The molecule has 1 aliphatic rings. The highest BCUT2D eigenvalue weighted by Crippen LogP contribution is 2.33. The van der Waals surface area contributed by atoms with E-state index in [4.69, 9.17) is 4.98 Å². The fraction of sp³-hybridized carbons (Fsp3) is 0.533. The van der Waals surface area contributed by atoms with Gasteiger partial charge in [0.15, 0.2) is 5.13 Å². The first-order valence-electron chi connectivity index (χ1n) is 7.04. The molecule has 0 aliphatic heterocycles. The van der Waals surface area contributed by atoms with Gasteiger partial charge in [0.25, 0.3) is 0 Å². The second-order valence-electron chi connectivity index (χ2n) is 5.44. The van der Waals surface area contributed by atoms with Crippen LogP contribution in [-0.4, -0.2) is 16.3 Å². The Morgan fingerprint density at radius 2 is 2.11 bits per heavy atom. The molecule has 1 N–H and O–H groups in total. The monoisotopic (exact) mass is 292 g/mol. The summed E-state index contributed by atoms with van der Waals surface area (Å²) >= 11 is 3.70. The van der Waals surface area contributed by atoms with Gasteiger partial charge in [0, 0.05) is 16.2 Å². The topological polar surface area (TPSA) is 24.9 Å². The molecule has 4 heteroatoms. The lowest BCUT2D eigenvalue weighted by atomic mass is 10.3. The predicted octanol–water partition coefficient (Wildman–Crippen LogP) is 5.15. The van der Waals surface area contributed by atoms with Crippen LogP contribution in [0.25, 0.3) is 10.2 Å². The molecule has 2 nitrogen and oxygen atoms in total. The molecular weight excluding hydrogens is 272 g/mol. The number of anilines is 1. The molecule has 3 rings (SSSR count). The van der Waals surface area contributed by atoms with Crippen LogP contribution in [0.1, 0.15) is 39.5 Å². The molecule has 19 heavy (non-hydrogen) atoms. The van der Waals surface area contributed by atoms with E-state index in [1.165, 1.54) is 35.3 Å². The predicted molar refractivity (Wildman–Crippen MR) is 86.5 cm³/mol. The maximum atomic E-state index is 4.69. The molecule has 1 fully saturated rings. The molecular formula is C15H20N2S2. The summed E-state index contributed by atoms with van der Waals surface area (Å²) in [6.45, 7) is 4.46. The van der Waals surface area contributed by atoms with Crippen molar-refractivity contribution in [3.63, 3.8) is 0 Å². The quantitative estimate of drug-likeness (QED) is 0.789. The van der Waals surface area contributed by atoms with Crippen LogP contribution in [-0.2, 0) is 0 Å². The summed E-state index contributed by atoms with van der Waals surface area (Å²) in [7, 11) is 0. The van der Waals surface area contributed by atoms with E-state index in [9.17, 15) is 0 Å². The van der Waals surface area contributed by atoms with Crippen molar-refractivity contribution in [3.05, 3.63) is 18.2 Å². The zero-order valence-electron chi connectivity index (χ0n) is 11.5. The first kappa shape index (κ1) is 13.3. The maximum absolute atomic E-state index is 4.69. The van der Waals surface area contributed by atoms with Crippen molar-refractivity contribution in [3.8, 4) is 0 Å². The molecule has 0 amide bonds. The van der Waals surface area contributed by atoms with Crippen molar-refractivity contribution >= 4 is 38.4 Å². The van der Waals surface area contributed by atoms with E-state index in [-0.39, 0.29) is 0 Å². The number of nitrogens with one attached hydrogen (secondary N) is 1. The van der Waals surface area contributed by atoms with E-state index in [1.54, 1.807) is 11.3 Å². The summed E-state index contributed by atoms with van der Waals surface area (Å²) in [6, 6.07) is 7.25. The number of fused-ring (bicyclic) bond motifs is 1. The van der Waals surface area contributed by atoms with Crippen molar-refractivity contribution in [1.29, 1.82) is 0 Å². The van der Waals surface area contributed by atoms with Gasteiger partial charge in [0.1, 0.15) is 0 Å². The lowest BCUT2D eigenvalue weighted by molar-refractivity contribution is 0.754. The molecule has 102 valence electrons. The molecule has 0 radical (unpaired) electrons. The summed E-state index contributed by atoms with van der Waals surface area (Å²) in [5.41, 5.74) is 1.12. The first-order chi connectivity index (χ1) is 9.20. The third kappa shape index (κ3) is 3.23. The Labute approximate surface area is 123 Å². The average molecular weight is 292 g/mol. The second kappa shape index (κ2) is 5.71. The fourth-order valence-electron chi connectivity index (χ4n) is 2.56. The van der Waals surface area contributed by atoms with Gasteiger partial charge in [-0.05, 0) is 31.0 Å². The molecule has 1 heterocycles. The Hall–Kier alpha value is -0.740. The highest BCUT2D eigenvalue weighted by molar-refractivity contribution is 7.99. The van der Waals surface area contributed by atoms with Gasteiger partial charge in [-0.3, -0.25) is 0 Å². The summed E-state index contributed by atoms with van der Waals surface area (Å²) in [6.07, 6.45) is 5.31. The third-order valence-electron chi connectivity index (χ3n) is 3.41. The van der Waals surface area contributed by atoms with Crippen LogP contribution in [0.5, 0.6) is 0 Å². The van der Waals surface area contributed by atoms with Gasteiger partial charge in [0.2, 0.25) is 0 Å². The largest absolute Gasteiger partial charge is 0.359 e. The van der Waals surface area contributed by atoms with E-state index in [1.807, 2.05) is 11.8 Å². The molecule has 0 unspecified atom stereocenters. The fourth-order valence-corrected chi connectivity index (χ4v) is 4.49. The molecule has 0 bridgehead atoms. The number of thioether (sulfide) groups is 1. The summed E-state index contributed by atoms with van der Waals surface area (Å²) in [5.74, 6) is 0. The SMILES string of the molecule is CC(C)Sc1ccc2nc(NC3CCCC3)sc2c1. The van der Waals surface area contributed by atoms with E-state index in [2.05, 4.69) is 37.4 Å². The molecule has 0 atom stereocenters. The second-order valence-corrected chi connectivity index (χ2v) is 8.12. The van der Waals surface area contributed by atoms with Crippen LogP contribution in [0.2, 0.25) is 0 Å². The summed E-state index contributed by atoms with van der Waals surface area (Å²) in [5, 5.41) is 5.31. The molecule has 2 aromatic rings. The van der Waals surface area contributed by atoms with Gasteiger partial charge < -0.3 is 5.32 Å². The zero-order valence-corrected chi connectivity index (χ0v) is 13.1. The van der Waals surface area contributed by atoms with Crippen molar-refractivity contribution in [2.45, 2.75) is 55.7 Å². The lowest BCUT2D eigenvalue weighted by Crippen LogP contribution is -2.13. The normalized spacial score (nSPS) is 16.6. The van der Waals surface area contributed by atoms with E-state index in [0.717, 1.165) is 10.6 Å². The number of hydrogen-bond donors (Lipinski definition) is 1. The van der Waals surface area contributed by atoms with Gasteiger partial charge >= 0.3 is 0 Å². The Morgan fingerprint density at radius 1 is 1.32 bits per heavy atom. The van der Waals surface area contributed by atoms with Gasteiger partial charge in [0.05, 0.1) is 10.2 Å². The minimum absolute atomic E-state index is 0.626. The smallest absolute Gasteiger partial charge is 0.184 e. The van der Waals surface area contributed by atoms with Crippen molar-refractivity contribution in [1.82, 2.24) is 4.98 Å². The molecule has 0 saturated heterocycles. The highest BCUT2D eigenvalue weighted by atomic mass is 32.2. The summed E-state index contributed by atoms with van der Waals surface area (Å²) in [4.78, 5) is 6.04. The summed E-state index contributed by atoms with van der Waals surface area (Å²) < 4.78 is 1.30. The first-order valence-corrected chi connectivity index (χ1v) is 8.74. The Bertz CT molecular complexity index is 556. The zero-order chi connectivity index (χ0) is 13.2. The number of rotatable bonds is 4. The van der Waals surface area contributed by atoms with Crippen LogP contribution >= 0.6 is 23.1 Å². The minimum Gasteiger partial charge on any atom is -0.359 e. The lowest BCUT2D eigenvalue weighted by Gasteiger charge is -2.09. The molecule has 1 saturated carbocycles. The van der Waals surface area contributed by atoms with Crippen LogP contribution in [0.15, 0.2) is 23.1 Å². The third-order valence-corrected chi connectivity index (χ3v) is 5.36. The van der Waals surface area contributed by atoms with Crippen molar-refractivity contribution in [2.75, 3.05) is 5.32 Å². The number of benzene rings is 1. The van der Waals surface area contributed by atoms with Gasteiger partial charge in [-0.25, -0.2) is 4.98 Å². The number of aromatic nitrogens is 1. The van der Waals surface area contributed by atoms with Crippen molar-refractivity contribution in [2.24, 2.45) is 0 Å². The van der Waals surface area contributed by atoms with Gasteiger partial charge in [-0.2, -0.15) is 0 Å². The van der Waals surface area contributed by atoms with Gasteiger partial charge in [-0.1, -0.05) is 38.0 Å². The molecule has 1 aliphatic carbocycles.